The quantitative estimate of drug-likeness (QED) is 0.415. The van der Waals surface area contributed by atoms with E-state index < -0.39 is 0 Å². The van der Waals surface area contributed by atoms with E-state index in [0.717, 1.165) is 46.1 Å². The maximum atomic E-state index is 12.3. The molecular weight excluding hydrogens is 428 g/mol. The number of benzene rings is 1. The molecule has 1 amide bonds. The van der Waals surface area contributed by atoms with Gasteiger partial charge in [-0.1, -0.05) is 0 Å². The number of carbonyl (C=O) groups is 1. The molecule has 1 saturated heterocycles. The molecule has 0 spiro atoms. The van der Waals surface area contributed by atoms with Crippen molar-refractivity contribution in [3.63, 3.8) is 0 Å². The van der Waals surface area contributed by atoms with E-state index in [9.17, 15) is 4.79 Å². The Hall–Kier alpha value is -4.04. The van der Waals surface area contributed by atoms with Crippen molar-refractivity contribution in [3.8, 4) is 22.6 Å². The minimum Gasteiger partial charge on any atom is -0.444 e. The van der Waals surface area contributed by atoms with Crippen LogP contribution in [0.2, 0.25) is 0 Å². The highest BCUT2D eigenvalue weighted by Gasteiger charge is 2.21. The molecule has 1 atom stereocenters. The maximum Gasteiger partial charge on any atom is 0.275 e. The van der Waals surface area contributed by atoms with Crippen molar-refractivity contribution < 1.29 is 9.21 Å². The van der Waals surface area contributed by atoms with E-state index in [0.29, 0.717) is 11.9 Å². The van der Waals surface area contributed by atoms with Crippen LogP contribution >= 0.6 is 0 Å². The number of hydrogen-bond donors (Lipinski definition) is 2. The molecule has 34 heavy (non-hydrogen) atoms. The molecule has 2 N–H and O–H groups in total. The topological polar surface area (TPSA) is 99.9 Å². The van der Waals surface area contributed by atoms with Crippen molar-refractivity contribution in [1.82, 2.24) is 30.2 Å². The fraction of sp³-hybridized carbons (Fsp3) is 0.231. The number of aromatic nitrogens is 4. The fourth-order valence-electron chi connectivity index (χ4n) is 4.69. The first-order valence-corrected chi connectivity index (χ1v) is 11.3. The Balaban J connectivity index is 1.46. The Morgan fingerprint density at radius 3 is 2.88 bits per heavy atom. The number of oxazole rings is 1. The van der Waals surface area contributed by atoms with Crippen molar-refractivity contribution in [2.45, 2.75) is 18.9 Å². The molecular formula is C26H24N6O2. The zero-order chi connectivity index (χ0) is 23.2. The van der Waals surface area contributed by atoms with E-state index in [1.165, 1.54) is 28.5 Å². The summed E-state index contributed by atoms with van der Waals surface area (Å²) >= 11 is 0. The monoisotopic (exact) mass is 452 g/mol. The highest BCUT2D eigenvalue weighted by molar-refractivity contribution is 5.97. The van der Waals surface area contributed by atoms with Crippen LogP contribution in [0.5, 0.6) is 0 Å². The lowest BCUT2D eigenvalue weighted by Crippen LogP contribution is -2.21. The normalized spacial score (nSPS) is 15.9. The number of hydrogen-bond acceptors (Lipinski definition) is 6. The van der Waals surface area contributed by atoms with Gasteiger partial charge in [0.2, 0.25) is 5.89 Å². The van der Waals surface area contributed by atoms with Gasteiger partial charge >= 0.3 is 0 Å². The number of amides is 1. The number of nitrogens with zero attached hydrogens (tertiary/aromatic N) is 4. The zero-order valence-electron chi connectivity index (χ0n) is 19.0. The summed E-state index contributed by atoms with van der Waals surface area (Å²) in [5, 5.41) is 6.84. The second-order valence-corrected chi connectivity index (χ2v) is 8.87. The predicted molar refractivity (Wildman–Crippen MR) is 130 cm³/mol. The number of aromatic amines is 1. The van der Waals surface area contributed by atoms with Crippen LogP contribution in [-0.4, -0.2) is 51.4 Å². The molecule has 6 rings (SSSR count). The molecule has 1 aliphatic heterocycles. The van der Waals surface area contributed by atoms with Gasteiger partial charge in [-0.15, -0.1) is 0 Å². The molecule has 0 bridgehead atoms. The molecule has 1 aromatic carbocycles. The number of nitrogens with one attached hydrogen (secondary N) is 2. The van der Waals surface area contributed by atoms with Gasteiger partial charge in [-0.25, -0.2) is 9.97 Å². The molecule has 0 saturated carbocycles. The van der Waals surface area contributed by atoms with Crippen LogP contribution in [0.3, 0.4) is 0 Å². The first-order chi connectivity index (χ1) is 16.6. The molecule has 1 aliphatic rings. The van der Waals surface area contributed by atoms with Crippen LogP contribution in [0.15, 0.2) is 59.7 Å². The number of carbonyl (C=O) groups excluding carboxylic acids is 1. The number of rotatable bonds is 4. The Morgan fingerprint density at radius 2 is 2.06 bits per heavy atom. The standard InChI is InChI=1S/C26H24N6O2/c1-32(2)26(33)23-14-34-25(31-23)21-13-30-24-19(21)10-17(11-29-24)16-8-15-5-7-27-12-20(15)18(9-16)22-4-3-6-28-22/h5,7-14,22,28H,3-4,6H2,1-2H3,(H,29,30). The van der Waals surface area contributed by atoms with E-state index in [-0.39, 0.29) is 11.6 Å². The largest absolute Gasteiger partial charge is 0.444 e. The van der Waals surface area contributed by atoms with Gasteiger partial charge in [0.05, 0.1) is 5.56 Å². The van der Waals surface area contributed by atoms with Crippen molar-refractivity contribution in [2.75, 3.05) is 20.6 Å². The molecule has 0 radical (unpaired) electrons. The molecule has 5 aromatic rings. The second-order valence-electron chi connectivity index (χ2n) is 8.87. The Labute approximate surface area is 196 Å². The lowest BCUT2D eigenvalue weighted by atomic mass is 9.93. The third-order valence-corrected chi connectivity index (χ3v) is 6.45. The number of pyridine rings is 2. The Morgan fingerprint density at radius 1 is 1.15 bits per heavy atom. The highest BCUT2D eigenvalue weighted by Crippen LogP contribution is 2.36. The van der Waals surface area contributed by atoms with Crippen LogP contribution in [0, 0.1) is 0 Å². The van der Waals surface area contributed by atoms with Gasteiger partial charge in [-0.3, -0.25) is 9.78 Å². The third kappa shape index (κ3) is 3.43. The first-order valence-electron chi connectivity index (χ1n) is 11.3. The van der Waals surface area contributed by atoms with Crippen molar-refractivity contribution >= 4 is 27.7 Å². The summed E-state index contributed by atoms with van der Waals surface area (Å²) in [7, 11) is 3.38. The molecule has 8 nitrogen and oxygen atoms in total. The van der Waals surface area contributed by atoms with Gasteiger partial charge < -0.3 is 19.6 Å². The minimum atomic E-state index is -0.202. The Kier molecular flexibility index (Phi) is 4.88. The molecule has 0 aliphatic carbocycles. The summed E-state index contributed by atoms with van der Waals surface area (Å²) in [4.78, 5) is 30.3. The summed E-state index contributed by atoms with van der Waals surface area (Å²) in [5.41, 5.74) is 5.15. The van der Waals surface area contributed by atoms with Crippen molar-refractivity contribution in [2.24, 2.45) is 0 Å². The van der Waals surface area contributed by atoms with E-state index in [4.69, 9.17) is 4.42 Å². The molecule has 8 heteroatoms. The summed E-state index contributed by atoms with van der Waals surface area (Å²) in [5.74, 6) is 0.184. The lowest BCUT2D eigenvalue weighted by molar-refractivity contribution is 0.0822. The van der Waals surface area contributed by atoms with Gasteiger partial charge in [-0.05, 0) is 60.2 Å². The lowest BCUT2D eigenvalue weighted by Gasteiger charge is -2.16. The van der Waals surface area contributed by atoms with Gasteiger partial charge in [0.1, 0.15) is 11.9 Å². The van der Waals surface area contributed by atoms with Crippen molar-refractivity contribution in [1.29, 1.82) is 0 Å². The SMILES string of the molecule is CN(C)C(=O)c1coc(-c2c[nH]c3ncc(-c4cc(C5CCCN5)c5cnccc5c4)cc23)n1. The van der Waals surface area contributed by atoms with Crippen LogP contribution in [0.25, 0.3) is 44.4 Å². The maximum absolute atomic E-state index is 12.3. The van der Waals surface area contributed by atoms with Gasteiger partial charge in [0.25, 0.3) is 5.91 Å². The Bertz CT molecular complexity index is 1530. The average molecular weight is 453 g/mol. The van der Waals surface area contributed by atoms with E-state index >= 15 is 0 Å². The zero-order valence-corrected chi connectivity index (χ0v) is 19.0. The van der Waals surface area contributed by atoms with E-state index in [1.54, 1.807) is 14.1 Å². The molecule has 1 fully saturated rings. The van der Waals surface area contributed by atoms with E-state index in [2.05, 4.69) is 49.5 Å². The van der Waals surface area contributed by atoms with Crippen LogP contribution in [0.1, 0.15) is 34.9 Å². The third-order valence-electron chi connectivity index (χ3n) is 6.45. The van der Waals surface area contributed by atoms with Gasteiger partial charge in [0, 0.05) is 61.3 Å². The van der Waals surface area contributed by atoms with Crippen LogP contribution in [0.4, 0.5) is 0 Å². The molecule has 4 aromatic heterocycles. The van der Waals surface area contributed by atoms with Crippen molar-refractivity contribution in [3.05, 3.63) is 66.6 Å². The predicted octanol–water partition coefficient (Wildman–Crippen LogP) is 4.56. The summed E-state index contributed by atoms with van der Waals surface area (Å²) in [6.45, 7) is 1.03. The highest BCUT2D eigenvalue weighted by atomic mass is 16.3. The minimum absolute atomic E-state index is 0.202. The van der Waals surface area contributed by atoms with E-state index in [1.807, 2.05) is 24.8 Å². The second kappa shape index (κ2) is 8.07. The molecule has 5 heterocycles. The van der Waals surface area contributed by atoms with Gasteiger partial charge in [0.15, 0.2) is 5.69 Å². The number of H-pyrrole nitrogens is 1. The van der Waals surface area contributed by atoms with Crippen LogP contribution in [-0.2, 0) is 0 Å². The van der Waals surface area contributed by atoms with Crippen LogP contribution < -0.4 is 5.32 Å². The summed E-state index contributed by atoms with van der Waals surface area (Å²) < 4.78 is 5.66. The first kappa shape index (κ1) is 20.6. The smallest absolute Gasteiger partial charge is 0.275 e. The summed E-state index contributed by atoms with van der Waals surface area (Å²) in [6, 6.07) is 8.91. The fourth-order valence-corrected chi connectivity index (χ4v) is 4.69. The van der Waals surface area contributed by atoms with Gasteiger partial charge in [-0.2, -0.15) is 0 Å². The number of fused-ring (bicyclic) bond motifs is 2. The average Bonchev–Trinajstić information content (AvgIpc) is 3.63. The molecule has 170 valence electrons. The summed E-state index contributed by atoms with van der Waals surface area (Å²) in [6.07, 6.45) is 11.2. The molecule has 1 unspecified atom stereocenters.